The minimum atomic E-state index is -0.405. The maximum absolute atomic E-state index is 6.46. The molecule has 0 spiro atoms. The first kappa shape index (κ1) is 18.6. The van der Waals surface area contributed by atoms with E-state index in [1.165, 1.54) is 5.56 Å². The minimum absolute atomic E-state index is 0.104. The van der Waals surface area contributed by atoms with Crippen molar-refractivity contribution >= 4 is 5.71 Å². The molecule has 0 aromatic heterocycles. The molecule has 0 bridgehead atoms. The van der Waals surface area contributed by atoms with E-state index in [4.69, 9.17) is 19.3 Å². The molecule has 2 atom stereocenters. The Hall–Kier alpha value is -3.47. The first-order valence-electron chi connectivity index (χ1n) is 10.1. The van der Waals surface area contributed by atoms with Gasteiger partial charge >= 0.3 is 0 Å². The molecule has 3 aromatic carbocycles. The van der Waals surface area contributed by atoms with Crippen LogP contribution in [-0.4, -0.2) is 24.9 Å². The van der Waals surface area contributed by atoms with Gasteiger partial charge in [0.15, 0.2) is 0 Å². The third kappa shape index (κ3) is 3.07. The third-order valence-electron chi connectivity index (χ3n) is 5.79. The second-order valence-electron chi connectivity index (χ2n) is 7.63. The van der Waals surface area contributed by atoms with Gasteiger partial charge in [-0.05, 0) is 36.8 Å². The molecule has 0 fully saturated rings. The Morgan fingerprint density at radius 3 is 2.50 bits per heavy atom. The zero-order valence-corrected chi connectivity index (χ0v) is 17.3. The molecular formula is C25H24N2O3. The molecule has 5 nitrogen and oxygen atoms in total. The van der Waals surface area contributed by atoms with Gasteiger partial charge in [-0.3, -0.25) is 0 Å². The zero-order chi connectivity index (χ0) is 20.7. The van der Waals surface area contributed by atoms with Gasteiger partial charge in [0, 0.05) is 12.0 Å². The molecular weight excluding hydrogens is 376 g/mol. The van der Waals surface area contributed by atoms with Crippen molar-refractivity contribution in [2.24, 2.45) is 5.10 Å². The third-order valence-corrected chi connectivity index (χ3v) is 5.79. The van der Waals surface area contributed by atoms with Crippen LogP contribution in [0.5, 0.6) is 17.2 Å². The lowest BCUT2D eigenvalue weighted by Crippen LogP contribution is -2.33. The first-order valence-corrected chi connectivity index (χ1v) is 10.1. The lowest BCUT2D eigenvalue weighted by molar-refractivity contribution is -0.0204. The summed E-state index contributed by atoms with van der Waals surface area (Å²) < 4.78 is 17.6. The molecule has 5 rings (SSSR count). The van der Waals surface area contributed by atoms with Crippen molar-refractivity contribution in [3.05, 3.63) is 89.0 Å². The van der Waals surface area contributed by atoms with Crippen molar-refractivity contribution in [2.45, 2.75) is 25.6 Å². The summed E-state index contributed by atoms with van der Waals surface area (Å²) in [5.41, 5.74) is 5.49. The second-order valence-corrected chi connectivity index (χ2v) is 7.63. The molecule has 0 aliphatic carbocycles. The van der Waals surface area contributed by atoms with E-state index in [1.807, 2.05) is 30.3 Å². The highest BCUT2D eigenvalue weighted by molar-refractivity contribution is 6.02. The Bertz CT molecular complexity index is 1110. The van der Waals surface area contributed by atoms with E-state index in [0.29, 0.717) is 0 Å². The number of rotatable bonds is 4. The highest BCUT2D eigenvalue weighted by atomic mass is 16.5. The Kier molecular flexibility index (Phi) is 4.58. The predicted octanol–water partition coefficient (Wildman–Crippen LogP) is 5.25. The fraction of sp³-hybridized carbons (Fsp3) is 0.240. The summed E-state index contributed by atoms with van der Waals surface area (Å²) in [6, 6.07) is 22.6. The standard InChI is InChI=1S/C25H24N2O3/c1-16-8-10-17(11-9-16)21-15-22-19-6-4-5-7-24(19)30-25(27(22)26-21)20-14-18(28-2)12-13-23(20)29-3/h4-14,22,25H,15H2,1-3H3. The Balaban J connectivity index is 1.62. The molecule has 2 aliphatic heterocycles. The van der Waals surface area contributed by atoms with E-state index in [0.717, 1.165) is 46.1 Å². The van der Waals surface area contributed by atoms with Crippen LogP contribution in [0.1, 0.15) is 40.9 Å². The average molecular weight is 400 g/mol. The van der Waals surface area contributed by atoms with Crippen LogP contribution in [0.2, 0.25) is 0 Å². The molecule has 0 saturated heterocycles. The maximum Gasteiger partial charge on any atom is 0.217 e. The number of hydrogen-bond acceptors (Lipinski definition) is 5. The number of nitrogens with zero attached hydrogens (tertiary/aromatic N) is 2. The van der Waals surface area contributed by atoms with E-state index in [-0.39, 0.29) is 6.04 Å². The smallest absolute Gasteiger partial charge is 0.217 e. The van der Waals surface area contributed by atoms with Crippen LogP contribution in [-0.2, 0) is 0 Å². The van der Waals surface area contributed by atoms with Crippen LogP contribution in [0.4, 0.5) is 0 Å². The van der Waals surface area contributed by atoms with Gasteiger partial charge in [0.2, 0.25) is 6.23 Å². The van der Waals surface area contributed by atoms with E-state index in [9.17, 15) is 0 Å². The van der Waals surface area contributed by atoms with Crippen molar-refractivity contribution in [3.63, 3.8) is 0 Å². The molecule has 2 unspecified atom stereocenters. The summed E-state index contributed by atoms with van der Waals surface area (Å²) in [6.45, 7) is 2.10. The number of methoxy groups -OCH3 is 2. The lowest BCUT2D eigenvalue weighted by atomic mass is 9.95. The van der Waals surface area contributed by atoms with Crippen molar-refractivity contribution in [2.75, 3.05) is 14.2 Å². The molecule has 2 aliphatic rings. The van der Waals surface area contributed by atoms with E-state index >= 15 is 0 Å². The second kappa shape index (κ2) is 7.41. The largest absolute Gasteiger partial charge is 0.497 e. The highest BCUT2D eigenvalue weighted by Crippen LogP contribution is 2.49. The van der Waals surface area contributed by atoms with Gasteiger partial charge < -0.3 is 14.2 Å². The van der Waals surface area contributed by atoms with Crippen LogP contribution in [0.25, 0.3) is 0 Å². The number of fused-ring (bicyclic) bond motifs is 3. The van der Waals surface area contributed by atoms with Gasteiger partial charge in [-0.15, -0.1) is 0 Å². The molecule has 3 aromatic rings. The van der Waals surface area contributed by atoms with Gasteiger partial charge in [-0.25, -0.2) is 5.01 Å². The number of benzene rings is 3. The summed E-state index contributed by atoms with van der Waals surface area (Å²) in [4.78, 5) is 0. The summed E-state index contributed by atoms with van der Waals surface area (Å²) in [5.74, 6) is 2.39. The average Bonchev–Trinajstić information content (AvgIpc) is 3.24. The number of para-hydroxylation sites is 1. The zero-order valence-electron chi connectivity index (χ0n) is 17.3. The Morgan fingerprint density at radius 1 is 0.933 bits per heavy atom. The first-order chi connectivity index (χ1) is 14.7. The molecule has 30 heavy (non-hydrogen) atoms. The molecule has 2 heterocycles. The van der Waals surface area contributed by atoms with Crippen LogP contribution in [0, 0.1) is 6.92 Å². The summed E-state index contributed by atoms with van der Waals surface area (Å²) in [6.07, 6.45) is 0.421. The normalized spacial score (nSPS) is 19.4. The number of aryl methyl sites for hydroxylation is 1. The number of hydrogen-bond donors (Lipinski definition) is 0. The monoisotopic (exact) mass is 400 g/mol. The maximum atomic E-state index is 6.46. The highest BCUT2D eigenvalue weighted by Gasteiger charge is 2.42. The summed E-state index contributed by atoms with van der Waals surface area (Å²) in [7, 11) is 3.33. The van der Waals surface area contributed by atoms with Gasteiger partial charge in [-0.2, -0.15) is 5.10 Å². The van der Waals surface area contributed by atoms with E-state index in [2.05, 4.69) is 48.3 Å². The van der Waals surface area contributed by atoms with Crippen LogP contribution in [0.15, 0.2) is 71.8 Å². The van der Waals surface area contributed by atoms with Crippen LogP contribution in [0.3, 0.4) is 0 Å². The molecule has 5 heteroatoms. The Morgan fingerprint density at radius 2 is 1.73 bits per heavy atom. The number of hydrazone groups is 1. The van der Waals surface area contributed by atoms with Gasteiger partial charge in [0.1, 0.15) is 17.2 Å². The van der Waals surface area contributed by atoms with Crippen molar-refractivity contribution in [1.29, 1.82) is 0 Å². The van der Waals surface area contributed by atoms with Crippen molar-refractivity contribution < 1.29 is 14.2 Å². The molecule has 0 radical (unpaired) electrons. The van der Waals surface area contributed by atoms with Gasteiger partial charge in [-0.1, -0.05) is 48.0 Å². The fourth-order valence-electron chi connectivity index (χ4n) is 4.19. The van der Waals surface area contributed by atoms with Gasteiger partial charge in [0.25, 0.3) is 0 Å². The fourth-order valence-corrected chi connectivity index (χ4v) is 4.19. The molecule has 152 valence electrons. The predicted molar refractivity (Wildman–Crippen MR) is 116 cm³/mol. The van der Waals surface area contributed by atoms with Crippen molar-refractivity contribution in [1.82, 2.24) is 5.01 Å². The minimum Gasteiger partial charge on any atom is -0.497 e. The summed E-state index contributed by atoms with van der Waals surface area (Å²) >= 11 is 0. The van der Waals surface area contributed by atoms with Crippen molar-refractivity contribution in [3.8, 4) is 17.2 Å². The van der Waals surface area contributed by atoms with Crippen LogP contribution >= 0.6 is 0 Å². The quantitative estimate of drug-likeness (QED) is 0.600. The molecule has 0 amide bonds. The lowest BCUT2D eigenvalue weighted by Gasteiger charge is -2.38. The Labute approximate surface area is 176 Å². The summed E-state index contributed by atoms with van der Waals surface area (Å²) in [5, 5.41) is 7.09. The van der Waals surface area contributed by atoms with Crippen LogP contribution < -0.4 is 14.2 Å². The topological polar surface area (TPSA) is 43.3 Å². The van der Waals surface area contributed by atoms with E-state index < -0.39 is 6.23 Å². The number of ether oxygens (including phenoxy) is 3. The van der Waals surface area contributed by atoms with Gasteiger partial charge in [0.05, 0.1) is 31.5 Å². The SMILES string of the molecule is COc1ccc(OC)c(C2Oc3ccccc3C3CC(c4ccc(C)cc4)=NN32)c1. The van der Waals surface area contributed by atoms with E-state index in [1.54, 1.807) is 14.2 Å². The molecule has 0 N–H and O–H groups in total. The molecule has 0 saturated carbocycles.